The Morgan fingerprint density at radius 1 is 1.33 bits per heavy atom. The van der Waals surface area contributed by atoms with Crippen LogP contribution in [0, 0.1) is 6.92 Å². The highest BCUT2D eigenvalue weighted by molar-refractivity contribution is 5.30. The Hall–Kier alpha value is -0.900. The molecule has 1 unspecified atom stereocenters. The van der Waals surface area contributed by atoms with Crippen LogP contribution in [0.1, 0.15) is 36.9 Å². The summed E-state index contributed by atoms with van der Waals surface area (Å²) in [6.07, 6.45) is 1.74. The van der Waals surface area contributed by atoms with Crippen molar-refractivity contribution in [2.75, 3.05) is 19.8 Å². The van der Waals surface area contributed by atoms with E-state index in [1.54, 1.807) is 0 Å². The summed E-state index contributed by atoms with van der Waals surface area (Å²) in [4.78, 5) is 0. The fourth-order valence-corrected chi connectivity index (χ4v) is 2.77. The van der Waals surface area contributed by atoms with Crippen molar-refractivity contribution in [2.24, 2.45) is 5.73 Å². The van der Waals surface area contributed by atoms with Crippen LogP contribution < -0.4 is 5.73 Å². The van der Waals surface area contributed by atoms with Crippen molar-refractivity contribution in [2.45, 2.75) is 38.3 Å². The van der Waals surface area contributed by atoms with Crippen LogP contribution in [0.4, 0.5) is 0 Å². The molecule has 3 nitrogen and oxygen atoms in total. The lowest BCUT2D eigenvalue weighted by Gasteiger charge is -2.42. The van der Waals surface area contributed by atoms with Gasteiger partial charge in [0.1, 0.15) is 0 Å². The van der Waals surface area contributed by atoms with E-state index in [1.807, 2.05) is 19.1 Å². The van der Waals surface area contributed by atoms with E-state index in [4.69, 9.17) is 15.2 Å². The lowest BCUT2D eigenvalue weighted by molar-refractivity contribution is -0.121. The maximum Gasteiger partial charge on any atom is 0.0917 e. The van der Waals surface area contributed by atoms with Gasteiger partial charge in [0, 0.05) is 32.7 Å². The molecule has 0 amide bonds. The molecule has 3 heteroatoms. The van der Waals surface area contributed by atoms with E-state index < -0.39 is 0 Å². The number of hydrogen-bond acceptors (Lipinski definition) is 3. The molecule has 100 valence electrons. The molecule has 1 aliphatic heterocycles. The normalized spacial score (nSPS) is 20.6. The van der Waals surface area contributed by atoms with Gasteiger partial charge in [0.15, 0.2) is 0 Å². The summed E-state index contributed by atoms with van der Waals surface area (Å²) >= 11 is 0. The van der Waals surface area contributed by atoms with Crippen LogP contribution in [-0.2, 0) is 9.47 Å². The van der Waals surface area contributed by atoms with Gasteiger partial charge < -0.3 is 15.2 Å². The number of hydrogen-bond donors (Lipinski definition) is 1. The molecule has 0 spiro atoms. The van der Waals surface area contributed by atoms with Crippen molar-refractivity contribution in [3.05, 3.63) is 35.4 Å². The first kappa shape index (κ1) is 13.5. The highest BCUT2D eigenvalue weighted by Gasteiger charge is 2.40. The summed E-state index contributed by atoms with van der Waals surface area (Å²) in [6, 6.07) is 8.22. The molecule has 0 bridgehead atoms. The summed E-state index contributed by atoms with van der Waals surface area (Å²) in [6.45, 7) is 6.30. The number of nitrogens with two attached hydrogens (primary N) is 1. The Morgan fingerprint density at radius 2 is 2.00 bits per heavy atom. The minimum atomic E-state index is -0.265. The maximum absolute atomic E-state index is 6.51. The van der Waals surface area contributed by atoms with Crippen LogP contribution in [0.15, 0.2) is 24.3 Å². The molecule has 2 rings (SSSR count). The van der Waals surface area contributed by atoms with Crippen molar-refractivity contribution in [1.82, 2.24) is 0 Å². The third-order valence-electron chi connectivity index (χ3n) is 3.86. The average Bonchev–Trinajstić information content (AvgIpc) is 2.40. The van der Waals surface area contributed by atoms with Crippen LogP contribution in [0.25, 0.3) is 0 Å². The molecule has 1 aliphatic rings. The lowest BCUT2D eigenvalue weighted by atomic mass is 9.81. The van der Waals surface area contributed by atoms with E-state index in [9.17, 15) is 0 Å². The highest BCUT2D eigenvalue weighted by Crippen LogP contribution is 2.37. The van der Waals surface area contributed by atoms with Gasteiger partial charge in [-0.1, -0.05) is 24.3 Å². The quantitative estimate of drug-likeness (QED) is 0.892. The summed E-state index contributed by atoms with van der Waals surface area (Å²) in [5.41, 5.74) is 8.67. The van der Waals surface area contributed by atoms with E-state index in [-0.39, 0.29) is 11.6 Å². The second kappa shape index (κ2) is 5.83. The number of rotatable bonds is 4. The van der Waals surface area contributed by atoms with Crippen molar-refractivity contribution < 1.29 is 9.47 Å². The van der Waals surface area contributed by atoms with Gasteiger partial charge in [-0.25, -0.2) is 0 Å². The second-order valence-corrected chi connectivity index (χ2v) is 4.94. The first-order chi connectivity index (χ1) is 8.69. The van der Waals surface area contributed by atoms with Crippen LogP contribution >= 0.6 is 0 Å². The number of benzene rings is 1. The van der Waals surface area contributed by atoms with Gasteiger partial charge >= 0.3 is 0 Å². The largest absolute Gasteiger partial charge is 0.381 e. The summed E-state index contributed by atoms with van der Waals surface area (Å²) in [7, 11) is 0. The van der Waals surface area contributed by atoms with E-state index in [0.29, 0.717) is 6.61 Å². The smallest absolute Gasteiger partial charge is 0.0917 e. The summed E-state index contributed by atoms with van der Waals surface area (Å²) in [5, 5.41) is 0. The van der Waals surface area contributed by atoms with Gasteiger partial charge in [-0.3, -0.25) is 0 Å². The lowest BCUT2D eigenvalue weighted by Crippen LogP contribution is -2.48. The Morgan fingerprint density at radius 3 is 2.61 bits per heavy atom. The monoisotopic (exact) mass is 249 g/mol. The molecule has 2 N–H and O–H groups in total. The first-order valence-corrected chi connectivity index (χ1v) is 6.72. The third kappa shape index (κ3) is 2.58. The molecule has 1 aromatic carbocycles. The fraction of sp³-hybridized carbons (Fsp3) is 0.600. The van der Waals surface area contributed by atoms with Crippen LogP contribution in [-0.4, -0.2) is 25.4 Å². The van der Waals surface area contributed by atoms with Crippen LogP contribution in [0.3, 0.4) is 0 Å². The van der Waals surface area contributed by atoms with Crippen LogP contribution in [0.5, 0.6) is 0 Å². The third-order valence-corrected chi connectivity index (χ3v) is 3.86. The molecular weight excluding hydrogens is 226 g/mol. The number of ether oxygens (including phenoxy) is 2. The molecule has 0 aliphatic carbocycles. The zero-order valence-electron chi connectivity index (χ0n) is 11.3. The van der Waals surface area contributed by atoms with E-state index in [0.717, 1.165) is 26.1 Å². The molecule has 1 saturated heterocycles. The van der Waals surface area contributed by atoms with Gasteiger partial charge in [-0.05, 0) is 25.0 Å². The standard InChI is InChI=1S/C15H23NO2/c1-3-18-15(8-10-17-11-9-15)14(16)13-7-5-4-6-12(13)2/h4-7,14H,3,8-11,16H2,1-2H3. The summed E-state index contributed by atoms with van der Waals surface area (Å²) in [5.74, 6) is 0. The highest BCUT2D eigenvalue weighted by atomic mass is 16.5. The summed E-state index contributed by atoms with van der Waals surface area (Å²) < 4.78 is 11.5. The molecule has 1 atom stereocenters. The van der Waals surface area contributed by atoms with Gasteiger partial charge in [-0.15, -0.1) is 0 Å². The first-order valence-electron chi connectivity index (χ1n) is 6.72. The average molecular weight is 249 g/mol. The van der Waals surface area contributed by atoms with Crippen molar-refractivity contribution in [1.29, 1.82) is 0 Å². The number of aryl methyl sites for hydroxylation is 1. The van der Waals surface area contributed by atoms with Gasteiger partial charge in [0.05, 0.1) is 11.6 Å². The van der Waals surface area contributed by atoms with Crippen molar-refractivity contribution in [3.8, 4) is 0 Å². The zero-order chi connectivity index (χ0) is 13.0. The maximum atomic E-state index is 6.51. The Balaban J connectivity index is 2.28. The molecule has 0 aromatic heterocycles. The zero-order valence-corrected chi connectivity index (χ0v) is 11.3. The minimum absolute atomic E-state index is 0.0810. The van der Waals surface area contributed by atoms with Crippen molar-refractivity contribution >= 4 is 0 Å². The molecule has 18 heavy (non-hydrogen) atoms. The minimum Gasteiger partial charge on any atom is -0.381 e. The van der Waals surface area contributed by atoms with E-state index in [2.05, 4.69) is 19.1 Å². The molecule has 1 aromatic rings. The molecule has 0 radical (unpaired) electrons. The molecular formula is C15H23NO2. The van der Waals surface area contributed by atoms with Crippen molar-refractivity contribution in [3.63, 3.8) is 0 Å². The predicted molar refractivity (Wildman–Crippen MR) is 72.5 cm³/mol. The topological polar surface area (TPSA) is 44.5 Å². The second-order valence-electron chi connectivity index (χ2n) is 4.94. The van der Waals surface area contributed by atoms with Crippen LogP contribution in [0.2, 0.25) is 0 Å². The Kier molecular flexibility index (Phi) is 4.38. The predicted octanol–water partition coefficient (Wildman–Crippen LogP) is 2.58. The van der Waals surface area contributed by atoms with Gasteiger partial charge in [0.25, 0.3) is 0 Å². The fourth-order valence-electron chi connectivity index (χ4n) is 2.77. The van der Waals surface area contributed by atoms with Gasteiger partial charge in [-0.2, -0.15) is 0 Å². The molecule has 1 heterocycles. The Bertz CT molecular complexity index is 380. The molecule has 1 fully saturated rings. The van der Waals surface area contributed by atoms with E-state index >= 15 is 0 Å². The molecule has 0 saturated carbocycles. The van der Waals surface area contributed by atoms with E-state index in [1.165, 1.54) is 11.1 Å². The van der Waals surface area contributed by atoms with Gasteiger partial charge in [0.2, 0.25) is 0 Å². The SMILES string of the molecule is CCOC1(C(N)c2ccccc2C)CCOCC1. The Labute approximate surface area is 109 Å².